The van der Waals surface area contributed by atoms with Gasteiger partial charge in [-0.3, -0.25) is 4.79 Å². The molecular weight excluding hydrogens is 276 g/mol. The molecule has 0 atom stereocenters. The van der Waals surface area contributed by atoms with E-state index in [9.17, 15) is 4.79 Å². The van der Waals surface area contributed by atoms with Crippen molar-refractivity contribution in [3.8, 4) is 0 Å². The number of carbonyl (C=O) groups is 1. The fourth-order valence-corrected chi connectivity index (χ4v) is 2.00. The summed E-state index contributed by atoms with van der Waals surface area (Å²) in [7, 11) is 0. The first-order valence-corrected chi connectivity index (χ1v) is 7.59. The quantitative estimate of drug-likeness (QED) is 0.843. The lowest BCUT2D eigenvalue weighted by atomic mass is 10.0. The molecule has 2 rings (SSSR count). The van der Waals surface area contributed by atoms with Crippen LogP contribution in [0.25, 0.3) is 0 Å². The lowest BCUT2D eigenvalue weighted by Gasteiger charge is -2.09. The summed E-state index contributed by atoms with van der Waals surface area (Å²) in [6, 6.07) is 11.8. The Morgan fingerprint density at radius 2 is 1.68 bits per heavy atom. The molecule has 1 aromatic carbocycles. The number of amides is 1. The first kappa shape index (κ1) is 15.9. The summed E-state index contributed by atoms with van der Waals surface area (Å²) < 4.78 is 0. The molecule has 0 aliphatic heterocycles. The lowest BCUT2D eigenvalue weighted by molar-refractivity contribution is -0.116. The summed E-state index contributed by atoms with van der Waals surface area (Å²) >= 11 is 0. The molecule has 0 radical (unpaired) electrons. The topological polar surface area (TPSA) is 66.9 Å². The van der Waals surface area contributed by atoms with Crippen LogP contribution in [0.5, 0.6) is 0 Å². The van der Waals surface area contributed by atoms with Crippen LogP contribution in [-0.2, 0) is 4.79 Å². The predicted molar refractivity (Wildman–Crippen MR) is 89.4 cm³/mol. The minimum absolute atomic E-state index is 0.0400. The van der Waals surface area contributed by atoms with E-state index in [1.165, 1.54) is 5.56 Å². The van der Waals surface area contributed by atoms with Crippen molar-refractivity contribution in [2.75, 3.05) is 10.6 Å². The van der Waals surface area contributed by atoms with Gasteiger partial charge in [0.05, 0.1) is 0 Å². The molecular formula is C17H22N4O. The van der Waals surface area contributed by atoms with Crippen molar-refractivity contribution in [3.63, 3.8) is 0 Å². The molecule has 1 amide bonds. The van der Waals surface area contributed by atoms with Gasteiger partial charge in [-0.1, -0.05) is 32.9 Å². The number of hydrogen-bond acceptors (Lipinski definition) is 4. The fraction of sp³-hybridized carbons (Fsp3) is 0.353. The summed E-state index contributed by atoms with van der Waals surface area (Å²) in [6.07, 6.45) is 1.30. The van der Waals surface area contributed by atoms with Gasteiger partial charge < -0.3 is 10.6 Å². The molecule has 116 valence electrons. The van der Waals surface area contributed by atoms with E-state index in [0.717, 1.165) is 12.1 Å². The molecule has 0 spiro atoms. The van der Waals surface area contributed by atoms with Crippen LogP contribution in [0.1, 0.15) is 45.1 Å². The van der Waals surface area contributed by atoms with Crippen LogP contribution in [-0.4, -0.2) is 16.1 Å². The van der Waals surface area contributed by atoms with E-state index in [4.69, 9.17) is 0 Å². The number of nitrogens with zero attached hydrogens (tertiary/aromatic N) is 2. The van der Waals surface area contributed by atoms with E-state index in [1.54, 1.807) is 12.1 Å². The molecule has 0 bridgehead atoms. The molecule has 5 heteroatoms. The molecule has 0 unspecified atom stereocenters. The highest BCUT2D eigenvalue weighted by Gasteiger charge is 2.04. The monoisotopic (exact) mass is 298 g/mol. The van der Waals surface area contributed by atoms with Gasteiger partial charge in [0.2, 0.25) is 5.91 Å². The Bertz CT molecular complexity index is 606. The molecule has 0 saturated carbocycles. The van der Waals surface area contributed by atoms with E-state index in [1.807, 2.05) is 19.1 Å². The molecule has 2 N–H and O–H groups in total. The van der Waals surface area contributed by atoms with Crippen LogP contribution >= 0.6 is 0 Å². The largest absolute Gasteiger partial charge is 0.339 e. The van der Waals surface area contributed by atoms with Gasteiger partial charge in [-0.2, -0.15) is 0 Å². The van der Waals surface area contributed by atoms with E-state index in [2.05, 4.69) is 46.8 Å². The van der Waals surface area contributed by atoms with Gasteiger partial charge in [0.25, 0.3) is 0 Å². The molecule has 0 saturated heterocycles. The fourth-order valence-electron chi connectivity index (χ4n) is 2.00. The highest BCUT2D eigenvalue weighted by Crippen LogP contribution is 2.19. The summed E-state index contributed by atoms with van der Waals surface area (Å²) in [5.74, 6) is 1.59. The molecule has 0 aliphatic rings. The van der Waals surface area contributed by atoms with Crippen LogP contribution in [0.15, 0.2) is 36.4 Å². The summed E-state index contributed by atoms with van der Waals surface area (Å²) in [5, 5.41) is 14.0. The molecule has 1 heterocycles. The van der Waals surface area contributed by atoms with E-state index in [-0.39, 0.29) is 5.91 Å². The van der Waals surface area contributed by atoms with Gasteiger partial charge in [0, 0.05) is 12.1 Å². The number of rotatable bonds is 6. The molecule has 5 nitrogen and oxygen atoms in total. The average Bonchev–Trinajstić information content (AvgIpc) is 2.50. The molecule has 2 aromatic rings. The highest BCUT2D eigenvalue weighted by atomic mass is 16.1. The van der Waals surface area contributed by atoms with Crippen molar-refractivity contribution in [2.45, 2.75) is 39.5 Å². The minimum Gasteiger partial charge on any atom is -0.339 e. The second kappa shape index (κ2) is 7.54. The van der Waals surface area contributed by atoms with E-state index >= 15 is 0 Å². The average molecular weight is 298 g/mol. The number of anilines is 3. The normalized spacial score (nSPS) is 10.5. The van der Waals surface area contributed by atoms with Crippen molar-refractivity contribution in [3.05, 3.63) is 42.0 Å². The Labute approximate surface area is 131 Å². The third-order valence-electron chi connectivity index (χ3n) is 3.26. The first-order valence-electron chi connectivity index (χ1n) is 7.59. The van der Waals surface area contributed by atoms with E-state index < -0.39 is 0 Å². The Balaban J connectivity index is 1.97. The Kier molecular flexibility index (Phi) is 5.47. The van der Waals surface area contributed by atoms with Crippen LogP contribution < -0.4 is 10.6 Å². The van der Waals surface area contributed by atoms with Gasteiger partial charge in [0.15, 0.2) is 11.6 Å². The van der Waals surface area contributed by atoms with Crippen molar-refractivity contribution in [1.29, 1.82) is 0 Å². The van der Waals surface area contributed by atoms with Gasteiger partial charge in [-0.15, -0.1) is 10.2 Å². The summed E-state index contributed by atoms with van der Waals surface area (Å²) in [5.41, 5.74) is 2.26. The molecule has 22 heavy (non-hydrogen) atoms. The third kappa shape index (κ3) is 4.55. The van der Waals surface area contributed by atoms with Crippen LogP contribution in [0, 0.1) is 0 Å². The van der Waals surface area contributed by atoms with Crippen molar-refractivity contribution < 1.29 is 4.79 Å². The van der Waals surface area contributed by atoms with Crippen molar-refractivity contribution >= 4 is 23.2 Å². The van der Waals surface area contributed by atoms with Gasteiger partial charge >= 0.3 is 0 Å². The molecule has 0 fully saturated rings. The second-order valence-electron chi connectivity index (χ2n) is 5.50. The maximum absolute atomic E-state index is 11.5. The number of nitrogens with one attached hydrogen (secondary N) is 2. The number of hydrogen-bond donors (Lipinski definition) is 2. The third-order valence-corrected chi connectivity index (χ3v) is 3.26. The maximum atomic E-state index is 11.5. The zero-order chi connectivity index (χ0) is 15.9. The SMILES string of the molecule is CCCC(=O)Nc1ccc(Nc2ccc(C(C)C)cc2)nn1. The van der Waals surface area contributed by atoms with Crippen LogP contribution in [0.3, 0.4) is 0 Å². The molecule has 0 aliphatic carbocycles. The smallest absolute Gasteiger partial charge is 0.225 e. The first-order chi connectivity index (χ1) is 10.6. The Morgan fingerprint density at radius 3 is 2.23 bits per heavy atom. The lowest BCUT2D eigenvalue weighted by Crippen LogP contribution is -2.12. The number of carbonyl (C=O) groups excluding carboxylic acids is 1. The molecule has 1 aromatic heterocycles. The Hall–Kier alpha value is -2.43. The Morgan fingerprint density at radius 1 is 1.05 bits per heavy atom. The van der Waals surface area contributed by atoms with Gasteiger partial charge in [-0.05, 0) is 42.2 Å². The van der Waals surface area contributed by atoms with Crippen molar-refractivity contribution in [2.24, 2.45) is 0 Å². The number of aromatic nitrogens is 2. The zero-order valence-corrected chi connectivity index (χ0v) is 13.3. The predicted octanol–water partition coefficient (Wildman–Crippen LogP) is 4.08. The van der Waals surface area contributed by atoms with Crippen molar-refractivity contribution in [1.82, 2.24) is 10.2 Å². The second-order valence-corrected chi connectivity index (χ2v) is 5.50. The summed E-state index contributed by atoms with van der Waals surface area (Å²) in [4.78, 5) is 11.5. The van der Waals surface area contributed by atoms with Crippen LogP contribution in [0.2, 0.25) is 0 Å². The van der Waals surface area contributed by atoms with E-state index in [0.29, 0.717) is 24.0 Å². The van der Waals surface area contributed by atoms with Crippen LogP contribution in [0.4, 0.5) is 17.3 Å². The minimum atomic E-state index is -0.0400. The maximum Gasteiger partial charge on any atom is 0.225 e. The number of benzene rings is 1. The van der Waals surface area contributed by atoms with Gasteiger partial charge in [-0.25, -0.2) is 0 Å². The van der Waals surface area contributed by atoms with Gasteiger partial charge in [0.1, 0.15) is 0 Å². The highest BCUT2D eigenvalue weighted by molar-refractivity contribution is 5.89. The zero-order valence-electron chi connectivity index (χ0n) is 13.3. The summed E-state index contributed by atoms with van der Waals surface area (Å²) in [6.45, 7) is 6.29. The standard InChI is InChI=1S/C17H22N4O/c1-4-5-17(22)19-16-11-10-15(20-21-16)18-14-8-6-13(7-9-14)12(2)3/h6-12H,4-5H2,1-3H3,(H,18,20)(H,19,21,22).